The quantitative estimate of drug-likeness (QED) is 0.745. The van der Waals surface area contributed by atoms with Crippen molar-refractivity contribution in [1.29, 1.82) is 0 Å². The minimum atomic E-state index is -0.750. The molecule has 0 amide bonds. The molecular formula is C12H17NO4. The number of aliphatic hydroxyl groups excluding tert-OH is 1. The van der Waals surface area contributed by atoms with Crippen LogP contribution < -0.4 is 10.5 Å². The molecule has 0 bridgehead atoms. The topological polar surface area (TPSA) is 81.8 Å². The van der Waals surface area contributed by atoms with E-state index in [0.717, 1.165) is 0 Å². The van der Waals surface area contributed by atoms with Gasteiger partial charge in [0.25, 0.3) is 0 Å². The Labute approximate surface area is 100 Å². The second-order valence-electron chi connectivity index (χ2n) is 3.54. The second kappa shape index (κ2) is 6.22. The van der Waals surface area contributed by atoms with Gasteiger partial charge in [0.15, 0.2) is 0 Å². The summed E-state index contributed by atoms with van der Waals surface area (Å²) >= 11 is 0. The highest BCUT2D eigenvalue weighted by atomic mass is 16.5. The Balaban J connectivity index is 3.10. The molecule has 0 saturated heterocycles. The van der Waals surface area contributed by atoms with Gasteiger partial charge in [-0.2, -0.15) is 0 Å². The van der Waals surface area contributed by atoms with Gasteiger partial charge in [0.2, 0.25) is 0 Å². The van der Waals surface area contributed by atoms with Gasteiger partial charge >= 0.3 is 5.97 Å². The number of carbonyl (C=O) groups excluding carboxylic acids is 1. The number of nitrogens with two attached hydrogens (primary N) is 1. The molecule has 94 valence electrons. The Kier molecular flexibility index (Phi) is 4.93. The van der Waals surface area contributed by atoms with Crippen LogP contribution in [0.3, 0.4) is 0 Å². The van der Waals surface area contributed by atoms with Crippen LogP contribution in [0.1, 0.15) is 28.4 Å². The zero-order valence-electron chi connectivity index (χ0n) is 9.97. The summed E-state index contributed by atoms with van der Waals surface area (Å²) in [6.07, 6.45) is -0.347. The Bertz CT molecular complexity index is 392. The van der Waals surface area contributed by atoms with Gasteiger partial charge < -0.3 is 20.3 Å². The molecule has 0 spiro atoms. The maximum Gasteiger partial charge on any atom is 0.337 e. The van der Waals surface area contributed by atoms with Crippen molar-refractivity contribution in [2.24, 2.45) is 5.73 Å². The fourth-order valence-electron chi connectivity index (χ4n) is 1.55. The van der Waals surface area contributed by atoms with Crippen molar-refractivity contribution in [3.63, 3.8) is 0 Å². The molecule has 0 aliphatic rings. The fraction of sp³-hybridized carbons (Fsp3) is 0.417. The molecule has 0 aliphatic carbocycles. The van der Waals surface area contributed by atoms with E-state index in [0.29, 0.717) is 29.8 Å². The third-order valence-corrected chi connectivity index (χ3v) is 2.45. The van der Waals surface area contributed by atoms with E-state index in [-0.39, 0.29) is 0 Å². The number of benzene rings is 1. The molecule has 3 N–H and O–H groups in total. The molecule has 1 aromatic carbocycles. The number of rotatable bonds is 5. The van der Waals surface area contributed by atoms with Crippen molar-refractivity contribution < 1.29 is 19.4 Å². The number of aliphatic hydroxyl groups is 1. The summed E-state index contributed by atoms with van der Waals surface area (Å²) in [5.41, 5.74) is 6.31. The average molecular weight is 239 g/mol. The number of hydrogen-bond donors (Lipinski definition) is 2. The van der Waals surface area contributed by atoms with E-state index in [2.05, 4.69) is 4.74 Å². The first kappa shape index (κ1) is 13.5. The first-order chi connectivity index (χ1) is 8.13. The molecule has 5 nitrogen and oxygen atoms in total. The molecular weight excluding hydrogens is 222 g/mol. The normalized spacial score (nSPS) is 12.0. The lowest BCUT2D eigenvalue weighted by molar-refractivity contribution is 0.0600. The van der Waals surface area contributed by atoms with Gasteiger partial charge in [-0.1, -0.05) is 0 Å². The molecule has 1 atom stereocenters. The zero-order valence-corrected chi connectivity index (χ0v) is 9.97. The minimum Gasteiger partial charge on any atom is -0.496 e. The smallest absolute Gasteiger partial charge is 0.337 e. The van der Waals surface area contributed by atoms with E-state index in [4.69, 9.17) is 10.5 Å². The van der Waals surface area contributed by atoms with Crippen molar-refractivity contribution in [1.82, 2.24) is 0 Å². The monoisotopic (exact) mass is 239 g/mol. The lowest BCUT2D eigenvalue weighted by Gasteiger charge is -2.15. The highest BCUT2D eigenvalue weighted by Crippen LogP contribution is 2.28. The maximum absolute atomic E-state index is 11.4. The predicted octanol–water partition coefficient (Wildman–Crippen LogP) is 0.864. The largest absolute Gasteiger partial charge is 0.496 e. The molecule has 1 rings (SSSR count). The summed E-state index contributed by atoms with van der Waals surface area (Å²) in [5, 5.41) is 9.90. The maximum atomic E-state index is 11.4. The van der Waals surface area contributed by atoms with E-state index >= 15 is 0 Å². The Hall–Kier alpha value is -1.59. The van der Waals surface area contributed by atoms with Crippen LogP contribution >= 0.6 is 0 Å². The fourth-order valence-corrected chi connectivity index (χ4v) is 1.55. The van der Waals surface area contributed by atoms with Crippen LogP contribution in [0.4, 0.5) is 0 Å². The van der Waals surface area contributed by atoms with E-state index in [1.54, 1.807) is 18.2 Å². The Morgan fingerprint density at radius 1 is 1.47 bits per heavy atom. The van der Waals surface area contributed by atoms with Crippen molar-refractivity contribution in [3.05, 3.63) is 29.3 Å². The standard InChI is InChI=1S/C12H17NO4/c1-16-11-4-3-8(12(15)17-2)7-9(11)10(14)5-6-13/h3-4,7,10,14H,5-6,13H2,1-2H3. The van der Waals surface area contributed by atoms with E-state index < -0.39 is 12.1 Å². The molecule has 1 unspecified atom stereocenters. The van der Waals surface area contributed by atoms with Gasteiger partial charge in [-0.15, -0.1) is 0 Å². The lowest BCUT2D eigenvalue weighted by Crippen LogP contribution is -2.09. The summed E-state index contributed by atoms with van der Waals surface area (Å²) in [6, 6.07) is 4.77. The van der Waals surface area contributed by atoms with Gasteiger partial charge in [-0.3, -0.25) is 0 Å². The van der Waals surface area contributed by atoms with Gasteiger partial charge in [0.05, 0.1) is 25.9 Å². The van der Waals surface area contributed by atoms with Gasteiger partial charge in [0.1, 0.15) is 5.75 Å². The summed E-state index contributed by atoms with van der Waals surface area (Å²) < 4.78 is 9.75. The molecule has 0 aliphatic heterocycles. The van der Waals surface area contributed by atoms with Crippen LogP contribution in [-0.2, 0) is 4.74 Å². The second-order valence-corrected chi connectivity index (χ2v) is 3.54. The molecule has 0 fully saturated rings. The third-order valence-electron chi connectivity index (χ3n) is 2.45. The summed E-state index contributed by atoms with van der Waals surface area (Å²) in [5.74, 6) is 0.0763. The highest BCUT2D eigenvalue weighted by molar-refractivity contribution is 5.89. The summed E-state index contributed by atoms with van der Waals surface area (Å²) in [4.78, 5) is 11.4. The van der Waals surface area contributed by atoms with E-state index in [9.17, 15) is 9.90 Å². The number of carbonyl (C=O) groups is 1. The molecule has 0 radical (unpaired) electrons. The van der Waals surface area contributed by atoms with Gasteiger partial charge in [-0.05, 0) is 31.2 Å². The van der Waals surface area contributed by atoms with Crippen molar-refractivity contribution in [3.8, 4) is 5.75 Å². The van der Waals surface area contributed by atoms with Crippen LogP contribution in [-0.4, -0.2) is 31.8 Å². The third kappa shape index (κ3) is 3.18. The number of hydrogen-bond acceptors (Lipinski definition) is 5. The van der Waals surface area contributed by atoms with Crippen molar-refractivity contribution in [2.75, 3.05) is 20.8 Å². The van der Waals surface area contributed by atoms with Gasteiger partial charge in [0, 0.05) is 5.56 Å². The van der Waals surface area contributed by atoms with Gasteiger partial charge in [-0.25, -0.2) is 4.79 Å². The Morgan fingerprint density at radius 3 is 2.71 bits per heavy atom. The van der Waals surface area contributed by atoms with E-state index in [1.807, 2.05) is 0 Å². The molecule has 17 heavy (non-hydrogen) atoms. The van der Waals surface area contributed by atoms with Crippen molar-refractivity contribution >= 4 is 5.97 Å². The van der Waals surface area contributed by atoms with Crippen LogP contribution in [0.25, 0.3) is 0 Å². The van der Waals surface area contributed by atoms with Crippen LogP contribution in [0, 0.1) is 0 Å². The number of ether oxygens (including phenoxy) is 2. The highest BCUT2D eigenvalue weighted by Gasteiger charge is 2.16. The van der Waals surface area contributed by atoms with Crippen LogP contribution in [0.5, 0.6) is 5.75 Å². The number of methoxy groups -OCH3 is 2. The lowest BCUT2D eigenvalue weighted by atomic mass is 10.0. The summed E-state index contributed by atoms with van der Waals surface area (Å²) in [7, 11) is 2.81. The molecule has 1 aromatic rings. The zero-order chi connectivity index (χ0) is 12.8. The first-order valence-electron chi connectivity index (χ1n) is 5.28. The van der Waals surface area contributed by atoms with E-state index in [1.165, 1.54) is 14.2 Å². The first-order valence-corrected chi connectivity index (χ1v) is 5.28. The summed E-state index contributed by atoms with van der Waals surface area (Å²) in [6.45, 7) is 0.354. The SMILES string of the molecule is COC(=O)c1ccc(OC)c(C(O)CCN)c1. The molecule has 0 saturated carbocycles. The van der Waals surface area contributed by atoms with Crippen LogP contribution in [0.15, 0.2) is 18.2 Å². The molecule has 5 heteroatoms. The molecule has 0 heterocycles. The predicted molar refractivity (Wildman–Crippen MR) is 63.0 cm³/mol. The van der Waals surface area contributed by atoms with Crippen molar-refractivity contribution in [2.45, 2.75) is 12.5 Å². The number of esters is 1. The molecule has 0 aromatic heterocycles. The minimum absolute atomic E-state index is 0.354. The Morgan fingerprint density at radius 2 is 2.18 bits per heavy atom. The van der Waals surface area contributed by atoms with Crippen LogP contribution in [0.2, 0.25) is 0 Å². The average Bonchev–Trinajstić information content (AvgIpc) is 2.37.